The van der Waals surface area contributed by atoms with Crippen molar-refractivity contribution in [1.82, 2.24) is 25.0 Å². The second-order valence-corrected chi connectivity index (χ2v) is 6.05. The number of aromatic nitrogens is 3. The smallest absolute Gasteiger partial charge is 0.257 e. The first-order valence-corrected chi connectivity index (χ1v) is 8.03. The first-order chi connectivity index (χ1) is 11.5. The predicted octanol–water partition coefficient (Wildman–Crippen LogP) is 1.43. The molecule has 1 atom stereocenters. The Morgan fingerprint density at radius 1 is 1.42 bits per heavy atom. The van der Waals surface area contributed by atoms with Crippen LogP contribution in [0.5, 0.6) is 0 Å². The Morgan fingerprint density at radius 3 is 2.96 bits per heavy atom. The molecule has 1 aliphatic rings. The summed E-state index contributed by atoms with van der Waals surface area (Å²) in [6.07, 6.45) is 6.98. The highest BCUT2D eigenvalue weighted by molar-refractivity contribution is 5.94. The minimum absolute atomic E-state index is 0.00539. The number of aryl methyl sites for hydroxylation is 1. The number of likely N-dealkylation sites (tertiary alicyclic amines) is 1. The molecule has 3 rings (SSSR count). The lowest BCUT2D eigenvalue weighted by Gasteiger charge is -2.25. The molecular formula is C17H21N5O2. The van der Waals surface area contributed by atoms with Gasteiger partial charge < -0.3 is 10.2 Å². The van der Waals surface area contributed by atoms with Gasteiger partial charge in [-0.05, 0) is 30.5 Å². The van der Waals surface area contributed by atoms with Gasteiger partial charge in [-0.3, -0.25) is 19.3 Å². The van der Waals surface area contributed by atoms with Crippen molar-refractivity contribution in [3.63, 3.8) is 0 Å². The maximum Gasteiger partial charge on any atom is 0.257 e. The van der Waals surface area contributed by atoms with Crippen molar-refractivity contribution in [2.75, 3.05) is 6.54 Å². The number of amides is 2. The minimum Gasteiger partial charge on any atom is -0.351 e. The summed E-state index contributed by atoms with van der Waals surface area (Å²) in [5, 5.41) is 6.83. The molecule has 0 spiro atoms. The molecule has 0 unspecified atom stereocenters. The third-order valence-electron chi connectivity index (χ3n) is 4.21. The SMILES string of the molecule is CC(=O)NCc1cc([C@@H]2CCCN2C(=O)c2cnn(C)c2)ccn1. The molecule has 2 aromatic rings. The number of nitrogens with zero attached hydrogens (tertiary/aromatic N) is 4. The van der Waals surface area contributed by atoms with Gasteiger partial charge in [-0.1, -0.05) is 0 Å². The summed E-state index contributed by atoms with van der Waals surface area (Å²) < 4.78 is 1.64. The zero-order valence-electron chi connectivity index (χ0n) is 13.9. The van der Waals surface area contributed by atoms with Crippen molar-refractivity contribution in [1.29, 1.82) is 0 Å². The Hall–Kier alpha value is -2.70. The molecule has 1 aliphatic heterocycles. The summed E-state index contributed by atoms with van der Waals surface area (Å²) >= 11 is 0. The first kappa shape index (κ1) is 16.2. The van der Waals surface area contributed by atoms with Gasteiger partial charge in [0.2, 0.25) is 5.91 Å². The Morgan fingerprint density at radius 2 is 2.25 bits per heavy atom. The maximum absolute atomic E-state index is 12.7. The lowest BCUT2D eigenvalue weighted by atomic mass is 10.0. The van der Waals surface area contributed by atoms with Crippen molar-refractivity contribution in [2.24, 2.45) is 7.05 Å². The van der Waals surface area contributed by atoms with Crippen LogP contribution in [-0.4, -0.2) is 38.0 Å². The quantitative estimate of drug-likeness (QED) is 0.921. The normalized spacial score (nSPS) is 17.1. The second kappa shape index (κ2) is 6.82. The molecule has 0 saturated carbocycles. The van der Waals surface area contributed by atoms with E-state index in [0.717, 1.165) is 30.6 Å². The Balaban J connectivity index is 1.79. The van der Waals surface area contributed by atoms with E-state index in [1.807, 2.05) is 17.0 Å². The first-order valence-electron chi connectivity index (χ1n) is 8.03. The third kappa shape index (κ3) is 3.45. The fourth-order valence-corrected chi connectivity index (χ4v) is 3.07. The average molecular weight is 327 g/mol. The van der Waals surface area contributed by atoms with Gasteiger partial charge in [0, 0.05) is 32.9 Å². The Kier molecular flexibility index (Phi) is 4.59. The fraction of sp³-hybridized carbons (Fsp3) is 0.412. The molecule has 0 aliphatic carbocycles. The van der Waals surface area contributed by atoms with Gasteiger partial charge in [-0.2, -0.15) is 5.10 Å². The number of nitrogens with one attached hydrogen (secondary N) is 1. The summed E-state index contributed by atoms with van der Waals surface area (Å²) in [6, 6.07) is 3.95. The molecule has 2 amide bonds. The van der Waals surface area contributed by atoms with Gasteiger partial charge in [-0.25, -0.2) is 0 Å². The van der Waals surface area contributed by atoms with Crippen molar-refractivity contribution < 1.29 is 9.59 Å². The van der Waals surface area contributed by atoms with Crippen LogP contribution in [-0.2, 0) is 18.4 Å². The maximum atomic E-state index is 12.7. The summed E-state index contributed by atoms with van der Waals surface area (Å²) in [5.41, 5.74) is 2.46. The monoisotopic (exact) mass is 327 g/mol. The average Bonchev–Trinajstić information content (AvgIpc) is 3.21. The van der Waals surface area contributed by atoms with Gasteiger partial charge >= 0.3 is 0 Å². The van der Waals surface area contributed by atoms with E-state index in [4.69, 9.17) is 0 Å². The molecular weight excluding hydrogens is 306 g/mol. The molecule has 1 fully saturated rings. The second-order valence-electron chi connectivity index (χ2n) is 6.05. The van der Waals surface area contributed by atoms with Crippen LogP contribution in [0, 0.1) is 0 Å². The number of pyridine rings is 1. The molecule has 2 aromatic heterocycles. The van der Waals surface area contributed by atoms with E-state index >= 15 is 0 Å². The number of rotatable bonds is 4. The molecule has 3 heterocycles. The van der Waals surface area contributed by atoms with Gasteiger partial charge in [0.1, 0.15) is 0 Å². The van der Waals surface area contributed by atoms with E-state index < -0.39 is 0 Å². The molecule has 1 saturated heterocycles. The number of carbonyl (C=O) groups is 2. The topological polar surface area (TPSA) is 80.1 Å². The number of hydrogen-bond acceptors (Lipinski definition) is 4. The lowest BCUT2D eigenvalue weighted by Crippen LogP contribution is -2.30. The van der Waals surface area contributed by atoms with Crippen LogP contribution in [0.1, 0.15) is 47.4 Å². The number of hydrogen-bond donors (Lipinski definition) is 1. The molecule has 7 heteroatoms. The van der Waals surface area contributed by atoms with E-state index in [0.29, 0.717) is 12.1 Å². The van der Waals surface area contributed by atoms with E-state index in [1.54, 1.807) is 30.3 Å². The predicted molar refractivity (Wildman–Crippen MR) is 88.0 cm³/mol. The third-order valence-corrected chi connectivity index (χ3v) is 4.21. The van der Waals surface area contributed by atoms with Gasteiger partial charge in [0.15, 0.2) is 0 Å². The lowest BCUT2D eigenvalue weighted by molar-refractivity contribution is -0.119. The molecule has 0 bridgehead atoms. The van der Waals surface area contributed by atoms with E-state index in [-0.39, 0.29) is 17.9 Å². The van der Waals surface area contributed by atoms with Crippen LogP contribution in [0.25, 0.3) is 0 Å². The molecule has 1 N–H and O–H groups in total. The minimum atomic E-state index is -0.0866. The standard InChI is InChI=1S/C17H21N5O2/c1-12(23)19-10-15-8-13(5-6-18-15)16-4-3-7-22(16)17(24)14-9-20-21(2)11-14/h5-6,8-9,11,16H,3-4,7,10H2,1-2H3,(H,19,23)/t16-/m0/s1. The van der Waals surface area contributed by atoms with Crippen LogP contribution in [0.4, 0.5) is 0 Å². The Labute approximate surface area is 140 Å². The molecule has 0 radical (unpaired) electrons. The van der Waals surface area contributed by atoms with E-state index in [1.165, 1.54) is 6.92 Å². The van der Waals surface area contributed by atoms with Crippen molar-refractivity contribution in [3.05, 3.63) is 47.5 Å². The van der Waals surface area contributed by atoms with Crippen LogP contribution >= 0.6 is 0 Å². The summed E-state index contributed by atoms with van der Waals surface area (Å²) in [7, 11) is 1.80. The Bertz CT molecular complexity index is 755. The summed E-state index contributed by atoms with van der Waals surface area (Å²) in [5.74, 6) is -0.0812. The zero-order valence-corrected chi connectivity index (χ0v) is 13.9. The van der Waals surface area contributed by atoms with E-state index in [2.05, 4.69) is 15.4 Å². The van der Waals surface area contributed by atoms with Crippen molar-refractivity contribution >= 4 is 11.8 Å². The fourth-order valence-electron chi connectivity index (χ4n) is 3.07. The highest BCUT2D eigenvalue weighted by atomic mass is 16.2. The van der Waals surface area contributed by atoms with Crippen LogP contribution < -0.4 is 5.32 Å². The largest absolute Gasteiger partial charge is 0.351 e. The van der Waals surface area contributed by atoms with Crippen molar-refractivity contribution in [2.45, 2.75) is 32.4 Å². The molecule has 126 valence electrons. The number of carbonyl (C=O) groups excluding carboxylic acids is 2. The van der Waals surface area contributed by atoms with E-state index in [9.17, 15) is 9.59 Å². The van der Waals surface area contributed by atoms with Gasteiger partial charge in [-0.15, -0.1) is 0 Å². The van der Waals surface area contributed by atoms with Crippen LogP contribution in [0.15, 0.2) is 30.7 Å². The van der Waals surface area contributed by atoms with Crippen LogP contribution in [0.3, 0.4) is 0 Å². The van der Waals surface area contributed by atoms with Gasteiger partial charge in [0.05, 0.1) is 30.0 Å². The van der Waals surface area contributed by atoms with Crippen molar-refractivity contribution in [3.8, 4) is 0 Å². The molecule has 0 aromatic carbocycles. The van der Waals surface area contributed by atoms with Crippen LogP contribution in [0.2, 0.25) is 0 Å². The highest BCUT2D eigenvalue weighted by Crippen LogP contribution is 2.33. The van der Waals surface area contributed by atoms with Gasteiger partial charge in [0.25, 0.3) is 5.91 Å². The summed E-state index contributed by atoms with van der Waals surface area (Å²) in [4.78, 5) is 30.0. The zero-order chi connectivity index (χ0) is 17.1. The summed E-state index contributed by atoms with van der Waals surface area (Å²) in [6.45, 7) is 2.61. The molecule has 24 heavy (non-hydrogen) atoms. The highest BCUT2D eigenvalue weighted by Gasteiger charge is 2.31. The molecule has 7 nitrogen and oxygen atoms in total.